The Morgan fingerprint density at radius 3 is 2.85 bits per heavy atom. The van der Waals surface area contributed by atoms with Crippen LogP contribution in [0.15, 0.2) is 35.9 Å². The zero-order chi connectivity index (χ0) is 14.4. The third-order valence-electron chi connectivity index (χ3n) is 3.85. The van der Waals surface area contributed by atoms with Crippen molar-refractivity contribution in [3.05, 3.63) is 41.5 Å². The number of allylic oxidation sites excluding steroid dienone is 1. The van der Waals surface area contributed by atoms with Crippen molar-refractivity contribution in [3.63, 3.8) is 0 Å². The van der Waals surface area contributed by atoms with Crippen molar-refractivity contribution in [3.8, 4) is 5.75 Å². The lowest BCUT2D eigenvalue weighted by molar-refractivity contribution is -0.116. The Balaban J connectivity index is 1.84. The van der Waals surface area contributed by atoms with Gasteiger partial charge in [0.15, 0.2) is 0 Å². The van der Waals surface area contributed by atoms with Crippen LogP contribution in [0.2, 0.25) is 0 Å². The second kappa shape index (κ2) is 7.13. The molecular formula is C17H23NO2. The van der Waals surface area contributed by atoms with Crippen molar-refractivity contribution in [1.29, 1.82) is 0 Å². The minimum absolute atomic E-state index is 0.0115. The van der Waals surface area contributed by atoms with Gasteiger partial charge in [-0.15, -0.1) is 0 Å². The van der Waals surface area contributed by atoms with Crippen molar-refractivity contribution >= 4 is 5.91 Å². The highest BCUT2D eigenvalue weighted by atomic mass is 16.5. The number of hydrogen-bond donors (Lipinski definition) is 1. The summed E-state index contributed by atoms with van der Waals surface area (Å²) in [5.41, 5.74) is 2.33. The Kier molecular flexibility index (Phi) is 5.22. The highest BCUT2D eigenvalue weighted by Crippen LogP contribution is 2.27. The Hall–Kier alpha value is -1.77. The minimum Gasteiger partial charge on any atom is -0.497 e. The van der Waals surface area contributed by atoms with Crippen molar-refractivity contribution in [2.45, 2.75) is 39.2 Å². The largest absolute Gasteiger partial charge is 0.497 e. The number of benzene rings is 1. The number of methoxy groups -OCH3 is 1. The summed E-state index contributed by atoms with van der Waals surface area (Å²) in [5, 5.41) is 2.94. The van der Waals surface area contributed by atoms with Gasteiger partial charge in [0.05, 0.1) is 7.11 Å². The van der Waals surface area contributed by atoms with E-state index in [0.29, 0.717) is 6.54 Å². The predicted octanol–water partition coefficient (Wildman–Crippen LogP) is 3.45. The number of nitrogens with one attached hydrogen (secondary N) is 1. The topological polar surface area (TPSA) is 38.3 Å². The average molecular weight is 273 g/mol. The van der Waals surface area contributed by atoms with E-state index in [9.17, 15) is 4.79 Å². The quantitative estimate of drug-likeness (QED) is 0.853. The van der Waals surface area contributed by atoms with Crippen LogP contribution in [-0.2, 0) is 11.3 Å². The predicted molar refractivity (Wildman–Crippen MR) is 80.6 cm³/mol. The molecule has 20 heavy (non-hydrogen) atoms. The van der Waals surface area contributed by atoms with Crippen molar-refractivity contribution in [1.82, 2.24) is 5.32 Å². The van der Waals surface area contributed by atoms with Gasteiger partial charge in [-0.3, -0.25) is 4.79 Å². The molecule has 0 heterocycles. The van der Waals surface area contributed by atoms with Crippen LogP contribution in [0.4, 0.5) is 0 Å². The Morgan fingerprint density at radius 1 is 1.40 bits per heavy atom. The second-order valence-corrected chi connectivity index (χ2v) is 5.55. The monoisotopic (exact) mass is 273 g/mol. The maximum Gasteiger partial charge on any atom is 0.244 e. The molecule has 3 nitrogen and oxygen atoms in total. The SMILES string of the molecule is COc1cccc(CNC(=O)C=C2CCC(C)CC2)c1. The van der Waals surface area contributed by atoms with Crippen molar-refractivity contribution in [2.75, 3.05) is 7.11 Å². The fraction of sp³-hybridized carbons (Fsp3) is 0.471. The number of carbonyl (C=O) groups is 1. The number of carbonyl (C=O) groups excluding carboxylic acids is 1. The van der Waals surface area contributed by atoms with Crippen LogP contribution >= 0.6 is 0 Å². The fourth-order valence-electron chi connectivity index (χ4n) is 2.49. The summed E-state index contributed by atoms with van der Waals surface area (Å²) in [5.74, 6) is 1.63. The van der Waals surface area contributed by atoms with Gasteiger partial charge in [0.2, 0.25) is 5.91 Å². The minimum atomic E-state index is 0.0115. The molecule has 1 aromatic rings. The van der Waals surface area contributed by atoms with E-state index in [1.54, 1.807) is 13.2 Å². The first-order valence-corrected chi connectivity index (χ1v) is 7.27. The van der Waals surface area contributed by atoms with E-state index in [-0.39, 0.29) is 5.91 Å². The molecule has 0 spiro atoms. The lowest BCUT2D eigenvalue weighted by Crippen LogP contribution is -2.21. The van der Waals surface area contributed by atoms with Crippen LogP contribution < -0.4 is 10.1 Å². The molecule has 1 fully saturated rings. The second-order valence-electron chi connectivity index (χ2n) is 5.55. The number of rotatable bonds is 4. The maximum absolute atomic E-state index is 11.9. The first kappa shape index (κ1) is 14.6. The van der Waals surface area contributed by atoms with Crippen LogP contribution in [-0.4, -0.2) is 13.0 Å². The summed E-state index contributed by atoms with van der Waals surface area (Å²) >= 11 is 0. The molecule has 1 aliphatic rings. The number of amides is 1. The lowest BCUT2D eigenvalue weighted by Gasteiger charge is -2.19. The highest BCUT2D eigenvalue weighted by Gasteiger charge is 2.13. The molecule has 1 saturated carbocycles. The smallest absolute Gasteiger partial charge is 0.244 e. The average Bonchev–Trinajstić information content (AvgIpc) is 2.48. The molecule has 0 saturated heterocycles. The summed E-state index contributed by atoms with van der Waals surface area (Å²) < 4.78 is 5.17. The fourth-order valence-corrected chi connectivity index (χ4v) is 2.49. The van der Waals surface area contributed by atoms with E-state index in [1.165, 1.54) is 18.4 Å². The molecule has 0 bridgehead atoms. The molecule has 0 aliphatic heterocycles. The van der Waals surface area contributed by atoms with E-state index < -0.39 is 0 Å². The molecule has 108 valence electrons. The molecule has 1 aromatic carbocycles. The third kappa shape index (κ3) is 4.41. The van der Waals surface area contributed by atoms with Gasteiger partial charge in [-0.1, -0.05) is 24.6 Å². The number of ether oxygens (including phenoxy) is 1. The molecule has 1 aliphatic carbocycles. The maximum atomic E-state index is 11.9. The number of hydrogen-bond acceptors (Lipinski definition) is 2. The molecule has 2 rings (SSSR count). The van der Waals surface area contributed by atoms with Gasteiger partial charge >= 0.3 is 0 Å². The molecule has 0 atom stereocenters. The van der Waals surface area contributed by atoms with E-state index in [2.05, 4.69) is 12.2 Å². The van der Waals surface area contributed by atoms with Crippen molar-refractivity contribution < 1.29 is 9.53 Å². The van der Waals surface area contributed by atoms with Crippen LogP contribution in [0.25, 0.3) is 0 Å². The molecule has 0 radical (unpaired) electrons. The van der Waals surface area contributed by atoms with Gasteiger partial charge in [-0.2, -0.15) is 0 Å². The zero-order valence-electron chi connectivity index (χ0n) is 12.3. The Labute approximate surface area is 121 Å². The van der Waals surface area contributed by atoms with Crippen LogP contribution in [0.5, 0.6) is 5.75 Å². The summed E-state index contributed by atoms with van der Waals surface area (Å²) in [7, 11) is 1.65. The summed E-state index contributed by atoms with van der Waals surface area (Å²) in [4.78, 5) is 11.9. The van der Waals surface area contributed by atoms with Gasteiger partial charge < -0.3 is 10.1 Å². The summed E-state index contributed by atoms with van der Waals surface area (Å²) in [6.07, 6.45) is 6.32. The normalized spacial score (nSPS) is 18.5. The van der Waals surface area contributed by atoms with Gasteiger partial charge in [0.1, 0.15) is 5.75 Å². The molecule has 1 N–H and O–H groups in total. The first-order chi connectivity index (χ1) is 9.67. The van der Waals surface area contributed by atoms with Crippen LogP contribution in [0.3, 0.4) is 0 Å². The molecule has 0 aromatic heterocycles. The standard InChI is InChI=1S/C17H23NO2/c1-13-6-8-14(9-7-13)11-17(19)18-12-15-4-3-5-16(10-15)20-2/h3-5,10-11,13H,6-9,12H2,1-2H3,(H,18,19). The van der Waals surface area contributed by atoms with E-state index in [0.717, 1.165) is 30.1 Å². The van der Waals surface area contributed by atoms with Gasteiger partial charge in [-0.25, -0.2) is 0 Å². The first-order valence-electron chi connectivity index (χ1n) is 7.27. The molecule has 3 heteroatoms. The molecule has 1 amide bonds. The molecule has 0 unspecified atom stereocenters. The zero-order valence-corrected chi connectivity index (χ0v) is 12.3. The van der Waals surface area contributed by atoms with E-state index in [4.69, 9.17) is 4.74 Å². The summed E-state index contributed by atoms with van der Waals surface area (Å²) in [6.45, 7) is 2.82. The van der Waals surface area contributed by atoms with Gasteiger partial charge in [-0.05, 0) is 49.3 Å². The van der Waals surface area contributed by atoms with Gasteiger partial charge in [0, 0.05) is 12.6 Å². The Bertz CT molecular complexity index is 484. The lowest BCUT2D eigenvalue weighted by atomic mass is 9.87. The van der Waals surface area contributed by atoms with Crippen LogP contribution in [0, 0.1) is 5.92 Å². The van der Waals surface area contributed by atoms with E-state index in [1.807, 2.05) is 24.3 Å². The molecular weight excluding hydrogens is 250 g/mol. The van der Waals surface area contributed by atoms with Gasteiger partial charge in [0.25, 0.3) is 0 Å². The van der Waals surface area contributed by atoms with Crippen LogP contribution in [0.1, 0.15) is 38.2 Å². The van der Waals surface area contributed by atoms with E-state index >= 15 is 0 Å². The third-order valence-corrected chi connectivity index (χ3v) is 3.85. The Morgan fingerprint density at radius 2 is 2.15 bits per heavy atom. The highest BCUT2D eigenvalue weighted by molar-refractivity contribution is 5.88. The van der Waals surface area contributed by atoms with Crippen molar-refractivity contribution in [2.24, 2.45) is 5.92 Å². The summed E-state index contributed by atoms with van der Waals surface area (Å²) in [6, 6.07) is 7.76.